The van der Waals surface area contributed by atoms with Crippen LogP contribution in [0, 0.1) is 13.8 Å². The first kappa shape index (κ1) is 19.0. The number of aromatic nitrogens is 4. The number of carbonyl (C=O) groups excluding carboxylic acids is 1. The molecule has 0 aliphatic rings. The summed E-state index contributed by atoms with van der Waals surface area (Å²) in [7, 11) is 0. The van der Waals surface area contributed by atoms with Crippen LogP contribution in [0.5, 0.6) is 0 Å². The maximum Gasteiger partial charge on any atom is 0.277 e. The van der Waals surface area contributed by atoms with Crippen LogP contribution in [-0.4, -0.2) is 25.7 Å². The number of hydrogen-bond donors (Lipinski definition) is 1. The fourth-order valence-corrected chi connectivity index (χ4v) is 3.78. The fourth-order valence-electron chi connectivity index (χ4n) is 2.94. The number of benzene rings is 1. The SMILES string of the molecule is Cc1ccc(Cc2cnc(NC(=O)c3cc(C)n(Cc4ccccn4)n3)s2)cc1. The summed E-state index contributed by atoms with van der Waals surface area (Å²) < 4.78 is 1.78. The molecule has 0 fully saturated rings. The first-order valence-electron chi connectivity index (χ1n) is 9.33. The van der Waals surface area contributed by atoms with Crippen LogP contribution in [0.15, 0.2) is 60.9 Å². The zero-order chi connectivity index (χ0) is 20.2. The van der Waals surface area contributed by atoms with Crippen molar-refractivity contribution in [3.63, 3.8) is 0 Å². The van der Waals surface area contributed by atoms with Gasteiger partial charge < -0.3 is 0 Å². The lowest BCUT2D eigenvalue weighted by Gasteiger charge is -2.03. The maximum atomic E-state index is 12.6. The monoisotopic (exact) mass is 403 g/mol. The highest BCUT2D eigenvalue weighted by molar-refractivity contribution is 7.15. The van der Waals surface area contributed by atoms with Gasteiger partial charge >= 0.3 is 0 Å². The van der Waals surface area contributed by atoms with Gasteiger partial charge in [0.1, 0.15) is 0 Å². The molecule has 146 valence electrons. The molecular formula is C22H21N5OS. The first-order valence-corrected chi connectivity index (χ1v) is 10.1. The van der Waals surface area contributed by atoms with Crippen molar-refractivity contribution in [2.24, 2.45) is 0 Å². The van der Waals surface area contributed by atoms with E-state index < -0.39 is 0 Å². The molecule has 0 aliphatic heterocycles. The normalized spacial score (nSPS) is 10.8. The van der Waals surface area contributed by atoms with Gasteiger partial charge in [0.05, 0.1) is 12.2 Å². The quantitative estimate of drug-likeness (QED) is 0.523. The first-order chi connectivity index (χ1) is 14.1. The second-order valence-electron chi connectivity index (χ2n) is 6.90. The molecule has 4 rings (SSSR count). The van der Waals surface area contributed by atoms with E-state index in [1.807, 2.05) is 31.3 Å². The van der Waals surface area contributed by atoms with E-state index in [1.165, 1.54) is 22.5 Å². The molecule has 29 heavy (non-hydrogen) atoms. The number of amides is 1. The summed E-state index contributed by atoms with van der Waals surface area (Å²) in [5.74, 6) is -0.260. The summed E-state index contributed by atoms with van der Waals surface area (Å²) in [6.45, 7) is 4.53. The Hall–Kier alpha value is -3.32. The van der Waals surface area contributed by atoms with E-state index in [0.717, 1.165) is 22.7 Å². The number of nitrogens with zero attached hydrogens (tertiary/aromatic N) is 4. The van der Waals surface area contributed by atoms with Gasteiger partial charge in [0.15, 0.2) is 10.8 Å². The van der Waals surface area contributed by atoms with Crippen LogP contribution >= 0.6 is 11.3 Å². The highest BCUT2D eigenvalue weighted by Crippen LogP contribution is 2.22. The van der Waals surface area contributed by atoms with Gasteiger partial charge in [-0.1, -0.05) is 35.9 Å². The van der Waals surface area contributed by atoms with Gasteiger partial charge in [-0.3, -0.25) is 19.8 Å². The van der Waals surface area contributed by atoms with Crippen molar-refractivity contribution in [1.82, 2.24) is 19.7 Å². The van der Waals surface area contributed by atoms with Gasteiger partial charge in [0.2, 0.25) is 0 Å². The number of thiazole rings is 1. The highest BCUT2D eigenvalue weighted by Gasteiger charge is 2.15. The largest absolute Gasteiger partial charge is 0.296 e. The summed E-state index contributed by atoms with van der Waals surface area (Å²) in [6.07, 6.45) is 4.36. The molecule has 1 amide bonds. The van der Waals surface area contributed by atoms with Crippen molar-refractivity contribution < 1.29 is 4.79 Å². The number of carbonyl (C=O) groups is 1. The van der Waals surface area contributed by atoms with Gasteiger partial charge in [-0.05, 0) is 37.6 Å². The van der Waals surface area contributed by atoms with Crippen LogP contribution in [0.1, 0.15) is 37.9 Å². The minimum absolute atomic E-state index is 0.260. The van der Waals surface area contributed by atoms with E-state index in [9.17, 15) is 4.79 Å². The van der Waals surface area contributed by atoms with Gasteiger partial charge in [-0.2, -0.15) is 5.10 Å². The second kappa shape index (κ2) is 8.36. The number of hydrogen-bond acceptors (Lipinski definition) is 5. The average molecular weight is 404 g/mol. The van der Waals surface area contributed by atoms with Crippen LogP contribution < -0.4 is 5.32 Å². The van der Waals surface area contributed by atoms with Crippen molar-refractivity contribution in [3.8, 4) is 0 Å². The smallest absolute Gasteiger partial charge is 0.277 e. The Morgan fingerprint density at radius 1 is 1.10 bits per heavy atom. The third kappa shape index (κ3) is 4.75. The van der Waals surface area contributed by atoms with E-state index in [2.05, 4.69) is 51.6 Å². The standard InChI is InChI=1S/C22H21N5OS/c1-15-6-8-17(9-7-15)12-19-13-24-22(29-19)25-21(28)20-11-16(2)27(26-20)14-18-5-3-4-10-23-18/h3-11,13H,12,14H2,1-2H3,(H,24,25,28). The van der Waals surface area contributed by atoms with Crippen molar-refractivity contribution in [2.75, 3.05) is 5.32 Å². The molecule has 1 aromatic carbocycles. The Bertz CT molecular complexity index is 1120. The number of anilines is 1. The minimum Gasteiger partial charge on any atom is -0.296 e. The van der Waals surface area contributed by atoms with Gasteiger partial charge in [-0.15, -0.1) is 11.3 Å². The molecule has 0 saturated carbocycles. The molecule has 4 aromatic rings. The number of rotatable bonds is 6. The molecule has 3 aromatic heterocycles. The molecule has 0 bridgehead atoms. The van der Waals surface area contributed by atoms with Gasteiger partial charge in [0, 0.05) is 29.4 Å². The molecule has 6 nitrogen and oxygen atoms in total. The third-order valence-electron chi connectivity index (χ3n) is 4.52. The molecule has 0 spiro atoms. The van der Waals surface area contributed by atoms with Crippen molar-refractivity contribution in [3.05, 3.63) is 94.0 Å². The van der Waals surface area contributed by atoms with E-state index in [4.69, 9.17) is 0 Å². The summed E-state index contributed by atoms with van der Waals surface area (Å²) >= 11 is 1.48. The van der Waals surface area contributed by atoms with Gasteiger partial charge in [0.25, 0.3) is 5.91 Å². The minimum atomic E-state index is -0.260. The Labute approximate surface area is 173 Å². The lowest BCUT2D eigenvalue weighted by molar-refractivity contribution is 0.102. The fraction of sp³-hybridized carbons (Fsp3) is 0.182. The Balaban J connectivity index is 1.41. The Morgan fingerprint density at radius 2 is 1.93 bits per heavy atom. The van der Waals surface area contributed by atoms with E-state index in [0.29, 0.717) is 17.4 Å². The summed E-state index contributed by atoms with van der Waals surface area (Å²) in [5, 5.41) is 7.86. The third-order valence-corrected chi connectivity index (χ3v) is 5.44. The van der Waals surface area contributed by atoms with Gasteiger partial charge in [-0.25, -0.2) is 4.98 Å². The zero-order valence-electron chi connectivity index (χ0n) is 16.3. The van der Waals surface area contributed by atoms with Crippen molar-refractivity contribution >= 4 is 22.4 Å². The predicted molar refractivity (Wildman–Crippen MR) is 114 cm³/mol. The lowest BCUT2D eigenvalue weighted by Crippen LogP contribution is -2.13. The van der Waals surface area contributed by atoms with Crippen molar-refractivity contribution in [2.45, 2.75) is 26.8 Å². The number of nitrogens with one attached hydrogen (secondary N) is 1. The van der Waals surface area contributed by atoms with Crippen LogP contribution in [-0.2, 0) is 13.0 Å². The Kier molecular flexibility index (Phi) is 5.48. The number of pyridine rings is 1. The topological polar surface area (TPSA) is 72.7 Å². The van der Waals surface area contributed by atoms with Crippen LogP contribution in [0.4, 0.5) is 5.13 Å². The molecule has 7 heteroatoms. The average Bonchev–Trinajstić information content (AvgIpc) is 3.31. The number of aryl methyl sites for hydroxylation is 2. The lowest BCUT2D eigenvalue weighted by atomic mass is 10.1. The van der Waals surface area contributed by atoms with Crippen LogP contribution in [0.2, 0.25) is 0 Å². The second-order valence-corrected chi connectivity index (χ2v) is 8.01. The zero-order valence-corrected chi connectivity index (χ0v) is 17.1. The molecule has 0 unspecified atom stereocenters. The highest BCUT2D eigenvalue weighted by atomic mass is 32.1. The summed E-state index contributed by atoms with van der Waals surface area (Å²) in [4.78, 5) is 22.3. The molecule has 0 aliphatic carbocycles. The molecule has 0 saturated heterocycles. The summed E-state index contributed by atoms with van der Waals surface area (Å²) in [5.41, 5.74) is 4.63. The molecule has 0 radical (unpaired) electrons. The molecule has 3 heterocycles. The molecule has 1 N–H and O–H groups in total. The van der Waals surface area contributed by atoms with E-state index >= 15 is 0 Å². The predicted octanol–water partition coefficient (Wildman–Crippen LogP) is 4.24. The maximum absolute atomic E-state index is 12.6. The van der Waals surface area contributed by atoms with Crippen molar-refractivity contribution in [1.29, 1.82) is 0 Å². The molecular weight excluding hydrogens is 382 g/mol. The van der Waals surface area contributed by atoms with E-state index in [-0.39, 0.29) is 5.91 Å². The Morgan fingerprint density at radius 3 is 2.69 bits per heavy atom. The van der Waals surface area contributed by atoms with Crippen LogP contribution in [0.3, 0.4) is 0 Å². The van der Waals surface area contributed by atoms with Crippen LogP contribution in [0.25, 0.3) is 0 Å². The molecule has 0 atom stereocenters. The summed E-state index contributed by atoms with van der Waals surface area (Å²) in [6, 6.07) is 16.0. The van der Waals surface area contributed by atoms with E-state index in [1.54, 1.807) is 16.9 Å².